The summed E-state index contributed by atoms with van der Waals surface area (Å²) in [7, 11) is 0. The molecule has 2 N–H and O–H groups in total. The number of carbonyl (C=O) groups excluding carboxylic acids is 2. The maximum atomic E-state index is 13.6. The van der Waals surface area contributed by atoms with Crippen LogP contribution >= 0.6 is 22.7 Å². The van der Waals surface area contributed by atoms with Crippen molar-refractivity contribution in [2.45, 2.75) is 40.2 Å². The van der Waals surface area contributed by atoms with Gasteiger partial charge in [-0.1, -0.05) is 60.7 Å². The Labute approximate surface area is 406 Å². The molecule has 16 nitrogen and oxygen atoms in total. The molecule has 70 heavy (non-hydrogen) atoms. The number of thiophene rings is 2. The fourth-order valence-corrected chi connectivity index (χ4v) is 9.83. The van der Waals surface area contributed by atoms with E-state index in [2.05, 4.69) is 10.2 Å². The molecular formula is C52H42N8O8S2. The summed E-state index contributed by atoms with van der Waals surface area (Å²) in [5.74, 6) is -0.321. The van der Waals surface area contributed by atoms with Crippen molar-refractivity contribution >= 4 is 66.0 Å². The third-order valence-electron chi connectivity index (χ3n) is 11.2. The Morgan fingerprint density at radius 3 is 1.41 bits per heavy atom. The Kier molecular flexibility index (Phi) is 13.4. The van der Waals surface area contributed by atoms with E-state index in [1.54, 1.807) is 49.2 Å². The van der Waals surface area contributed by atoms with Crippen molar-refractivity contribution in [1.82, 2.24) is 28.7 Å². The molecule has 0 unspecified atom stereocenters. The fraction of sp³-hybridized carbons (Fsp3) is 0.115. The van der Waals surface area contributed by atoms with Crippen molar-refractivity contribution in [3.8, 4) is 22.9 Å². The molecule has 0 radical (unpaired) electrons. The summed E-state index contributed by atoms with van der Waals surface area (Å²) in [5, 5.41) is 23.4. The van der Waals surface area contributed by atoms with Crippen LogP contribution in [-0.4, -0.2) is 45.2 Å². The van der Waals surface area contributed by atoms with Crippen LogP contribution in [0.4, 0.5) is 11.4 Å². The van der Waals surface area contributed by atoms with Gasteiger partial charge in [-0.05, 0) is 84.3 Å². The predicted octanol–water partition coefficient (Wildman–Crippen LogP) is 9.65. The van der Waals surface area contributed by atoms with Gasteiger partial charge in [0.05, 0.1) is 73.3 Å². The van der Waals surface area contributed by atoms with Crippen LogP contribution in [0, 0.1) is 10.1 Å². The third-order valence-corrected chi connectivity index (χ3v) is 13.1. The molecule has 0 fully saturated rings. The second-order valence-corrected chi connectivity index (χ2v) is 17.9. The van der Waals surface area contributed by atoms with Crippen LogP contribution in [0.1, 0.15) is 56.8 Å². The van der Waals surface area contributed by atoms with Gasteiger partial charge in [-0.15, -0.1) is 22.7 Å². The summed E-state index contributed by atoms with van der Waals surface area (Å²) in [6, 6.07) is 36.1. The number of pyridine rings is 2. The van der Waals surface area contributed by atoms with Gasteiger partial charge in [0.1, 0.15) is 13.2 Å². The number of non-ortho nitro benzene ring substituents is 1. The van der Waals surface area contributed by atoms with Gasteiger partial charge in [0, 0.05) is 41.3 Å². The first kappa shape index (κ1) is 46.4. The maximum absolute atomic E-state index is 13.6. The van der Waals surface area contributed by atoms with Gasteiger partial charge >= 0.3 is 0 Å². The average molecular weight is 971 g/mol. The molecule has 350 valence electrons. The number of ketones is 2. The fourth-order valence-electron chi connectivity index (χ4n) is 7.85. The number of aromatic nitrogens is 6. The number of benzene rings is 4. The number of hydrogen-bond donors (Lipinski definition) is 1. The summed E-state index contributed by atoms with van der Waals surface area (Å²) >= 11 is 2.80. The highest BCUT2D eigenvalue weighted by Gasteiger charge is 2.25. The van der Waals surface area contributed by atoms with Crippen molar-refractivity contribution in [2.75, 3.05) is 5.73 Å². The predicted molar refractivity (Wildman–Crippen MR) is 270 cm³/mol. The second kappa shape index (κ2) is 20.2. The quantitative estimate of drug-likeness (QED) is 0.0444. The number of rotatable bonds is 15. The molecule has 0 spiro atoms. The minimum Gasteiger partial charge on any atom is -0.482 e. The average Bonchev–Trinajstić information content (AvgIpc) is 4.22. The number of nitro groups is 1. The van der Waals surface area contributed by atoms with Gasteiger partial charge in [0.15, 0.2) is 23.1 Å². The van der Waals surface area contributed by atoms with E-state index >= 15 is 0 Å². The minimum atomic E-state index is -0.459. The van der Waals surface area contributed by atoms with E-state index in [0.29, 0.717) is 44.8 Å². The number of ether oxygens (including phenoxy) is 2. The van der Waals surface area contributed by atoms with Gasteiger partial charge in [0.2, 0.25) is 0 Å². The van der Waals surface area contributed by atoms with Crippen LogP contribution in [0.25, 0.3) is 31.8 Å². The number of hydrogen-bond acceptors (Lipinski definition) is 13. The number of nitrogen functional groups attached to an aromatic ring is 1. The van der Waals surface area contributed by atoms with Crippen LogP contribution in [0.2, 0.25) is 0 Å². The van der Waals surface area contributed by atoms with Crippen molar-refractivity contribution in [2.24, 2.45) is 0 Å². The third kappa shape index (κ3) is 9.80. The molecule has 0 amide bonds. The van der Waals surface area contributed by atoms with Gasteiger partial charge in [0.25, 0.3) is 16.8 Å². The molecule has 0 atom stereocenters. The molecule has 4 aromatic carbocycles. The lowest BCUT2D eigenvalue weighted by Gasteiger charge is -2.15. The highest BCUT2D eigenvalue weighted by Crippen LogP contribution is 2.33. The Morgan fingerprint density at radius 2 is 1.01 bits per heavy atom. The summed E-state index contributed by atoms with van der Waals surface area (Å²) in [6.07, 6.45) is 6.99. The van der Waals surface area contributed by atoms with Crippen molar-refractivity contribution in [1.29, 1.82) is 0 Å². The number of carbonyl (C=O) groups is 2. The molecule has 0 aliphatic carbocycles. The zero-order valence-corrected chi connectivity index (χ0v) is 39.3. The van der Waals surface area contributed by atoms with E-state index in [0.717, 1.165) is 32.6 Å². The van der Waals surface area contributed by atoms with Crippen LogP contribution in [-0.2, 0) is 26.3 Å². The number of fused-ring (bicyclic) bond motifs is 2. The van der Waals surface area contributed by atoms with E-state index < -0.39 is 10.5 Å². The summed E-state index contributed by atoms with van der Waals surface area (Å²) in [6.45, 7) is 3.75. The Morgan fingerprint density at radius 1 is 0.600 bits per heavy atom. The van der Waals surface area contributed by atoms with E-state index in [1.165, 1.54) is 48.7 Å². The van der Waals surface area contributed by atoms with Crippen molar-refractivity contribution in [3.05, 3.63) is 221 Å². The van der Waals surface area contributed by atoms with Crippen LogP contribution < -0.4 is 26.3 Å². The topological polar surface area (TPSA) is 201 Å². The molecule has 10 rings (SSSR count). The smallest absolute Gasteiger partial charge is 0.294 e. The van der Waals surface area contributed by atoms with Gasteiger partial charge in [-0.3, -0.25) is 38.4 Å². The lowest BCUT2D eigenvalue weighted by Crippen LogP contribution is -2.25. The molecule has 0 aliphatic heterocycles. The number of anilines is 1. The van der Waals surface area contributed by atoms with E-state index in [-0.39, 0.29) is 54.1 Å². The van der Waals surface area contributed by atoms with Gasteiger partial charge < -0.3 is 15.2 Å². The Bertz CT molecular complexity index is 3650. The van der Waals surface area contributed by atoms with Crippen molar-refractivity contribution in [3.63, 3.8) is 0 Å². The van der Waals surface area contributed by atoms with Crippen LogP contribution in [0.5, 0.6) is 11.5 Å². The largest absolute Gasteiger partial charge is 0.482 e. The lowest BCUT2D eigenvalue weighted by atomic mass is 10.1. The molecule has 6 heterocycles. The minimum absolute atomic E-state index is 0.00822. The number of nitro benzene ring substituents is 1. The SMILES string of the molecule is CC(=O)c1c(OCc2ccccc2)c(=O)n(Cc2cnn(-c3ccc(N)cc3)c2)c2ccsc12.CC(=O)c1c(OCc2ccccc2)c(=O)n(Cc2cnn(-c3ccc([N+](=O)[O-])cc3)c2)c2ccsc12. The normalized spacial score (nSPS) is 11.1. The zero-order valence-electron chi connectivity index (χ0n) is 37.6. The standard InChI is InChI=1S/C26H20N4O5S.C26H22N4O3S/c1-17(31)23-24(35-16-18-5-3-2-4-6-18)26(32)28(22-11-12-36-25(22)23)14-19-13-27-29(15-19)20-7-9-21(10-8-20)30(33)34;1-17(31)23-24(33-16-18-5-3-2-4-6-18)26(32)29(22-11-12-34-25(22)23)14-19-13-28-30(15-19)21-9-7-20(27)8-10-21/h2-13,15H,14,16H2,1H3;2-13,15H,14,16,27H2,1H3. The maximum Gasteiger partial charge on any atom is 0.294 e. The molecular weight excluding hydrogens is 929 g/mol. The molecule has 18 heteroatoms. The number of nitrogens with zero attached hydrogens (tertiary/aromatic N) is 7. The second-order valence-electron chi connectivity index (χ2n) is 16.1. The number of Topliss-reactive ketones (excluding diaryl/α,β-unsaturated/α-hetero) is 2. The molecule has 0 bridgehead atoms. The first-order valence-corrected chi connectivity index (χ1v) is 23.5. The monoisotopic (exact) mass is 970 g/mol. The molecule has 10 aromatic rings. The lowest BCUT2D eigenvalue weighted by molar-refractivity contribution is -0.384. The molecule has 0 saturated carbocycles. The molecule has 6 aromatic heterocycles. The van der Waals surface area contributed by atoms with Gasteiger partial charge in [-0.25, -0.2) is 9.36 Å². The van der Waals surface area contributed by atoms with Crippen molar-refractivity contribution < 1.29 is 24.0 Å². The Hall–Kier alpha value is -8.74. The summed E-state index contributed by atoms with van der Waals surface area (Å²) < 4.78 is 19.9. The first-order chi connectivity index (χ1) is 33.9. The zero-order chi connectivity index (χ0) is 48.9. The van der Waals surface area contributed by atoms with Crippen LogP contribution in [0.15, 0.2) is 166 Å². The highest BCUT2D eigenvalue weighted by molar-refractivity contribution is 7.18. The van der Waals surface area contributed by atoms with E-state index in [9.17, 15) is 29.3 Å². The molecule has 0 saturated heterocycles. The molecule has 0 aliphatic rings. The van der Waals surface area contributed by atoms with Gasteiger partial charge in [-0.2, -0.15) is 10.2 Å². The summed E-state index contributed by atoms with van der Waals surface area (Å²) in [4.78, 5) is 62.8. The van der Waals surface area contributed by atoms with Crippen LogP contribution in [0.3, 0.4) is 0 Å². The van der Waals surface area contributed by atoms with E-state index in [4.69, 9.17) is 15.2 Å². The summed E-state index contributed by atoms with van der Waals surface area (Å²) in [5.41, 5.74) is 12.6. The Balaban J connectivity index is 0.000000174. The van der Waals surface area contributed by atoms with E-state index in [1.807, 2.05) is 114 Å². The number of nitrogens with two attached hydrogens (primary N) is 1. The first-order valence-electron chi connectivity index (χ1n) is 21.7. The highest BCUT2D eigenvalue weighted by atomic mass is 32.1.